The zero-order valence-electron chi connectivity index (χ0n) is 35.1. The monoisotopic (exact) mass is 839 g/mol. The van der Waals surface area contributed by atoms with Gasteiger partial charge < -0.3 is 66.0 Å². The van der Waals surface area contributed by atoms with Gasteiger partial charge in [-0.05, 0) is 110 Å². The van der Waals surface area contributed by atoms with Gasteiger partial charge >= 0.3 is 17.9 Å². The molecule has 0 amide bonds. The van der Waals surface area contributed by atoms with E-state index in [1.54, 1.807) is 0 Å². The lowest BCUT2D eigenvalue weighted by molar-refractivity contribution is -0.371. The van der Waals surface area contributed by atoms with Gasteiger partial charge in [-0.3, -0.25) is 9.59 Å². The van der Waals surface area contributed by atoms with Crippen LogP contribution in [0, 0.1) is 50.2 Å². The highest BCUT2D eigenvalue weighted by Gasteiger charge is 2.71. The fraction of sp³-hybridized carbons (Fsp3) is 0.857. The molecule has 2 aliphatic heterocycles. The summed E-state index contributed by atoms with van der Waals surface area (Å²) in [5.74, 6) is -4.47. The van der Waals surface area contributed by atoms with E-state index in [2.05, 4.69) is 27.7 Å². The Morgan fingerprint density at radius 1 is 0.695 bits per heavy atom. The normalized spacial score (nSPS) is 51.7. The van der Waals surface area contributed by atoms with Crippen molar-refractivity contribution in [2.24, 2.45) is 50.2 Å². The van der Waals surface area contributed by atoms with E-state index in [9.17, 15) is 60.0 Å². The second-order valence-corrected chi connectivity index (χ2v) is 20.6. The van der Waals surface area contributed by atoms with Gasteiger partial charge in [-0.15, -0.1) is 0 Å². The minimum Gasteiger partial charge on any atom is -0.481 e. The SMILES string of the molecule is CC1(C)[C@@H](O[C@H]2O[C@H](C(=O)O)[C@@H](O)[C@H](O)[C@H]2O[C@H]2O[C@H](C(=O)O)[C@@H](O)[C@H](O)[C@H]2O)CC[C@]2(C)[C@H]3C(=O)C=C4[C@@H]5C[C@@](C)(C(=O)O)CC[C@]5(C)CC[C@@]4(C)[C@]3(C)CC[C@@H]12.N. The summed E-state index contributed by atoms with van der Waals surface area (Å²) in [6.45, 7) is 14.8. The molecule has 0 aromatic carbocycles. The molecule has 0 spiro atoms. The van der Waals surface area contributed by atoms with Crippen molar-refractivity contribution in [3.05, 3.63) is 11.6 Å². The molecular weight excluding hydrogens is 774 g/mol. The van der Waals surface area contributed by atoms with Crippen molar-refractivity contribution in [2.75, 3.05) is 0 Å². The number of rotatable bonds is 7. The Bertz CT molecular complexity index is 1740. The van der Waals surface area contributed by atoms with Crippen LogP contribution >= 0.6 is 0 Å². The van der Waals surface area contributed by atoms with Crippen LogP contribution in [0.4, 0.5) is 0 Å². The third-order valence-corrected chi connectivity index (χ3v) is 17.2. The van der Waals surface area contributed by atoms with E-state index in [-0.39, 0.29) is 40.5 Å². The molecule has 6 fully saturated rings. The van der Waals surface area contributed by atoms with Gasteiger partial charge in [0, 0.05) is 5.92 Å². The minimum atomic E-state index is -2.05. The molecular formula is C42H65NO16. The molecule has 2 saturated heterocycles. The van der Waals surface area contributed by atoms with Gasteiger partial charge in [0.05, 0.1) is 11.5 Å². The summed E-state index contributed by atoms with van der Waals surface area (Å²) in [6, 6.07) is 0. The summed E-state index contributed by atoms with van der Waals surface area (Å²) in [4.78, 5) is 51.3. The number of ketones is 1. The summed E-state index contributed by atoms with van der Waals surface area (Å²) in [7, 11) is 0. The second-order valence-electron chi connectivity index (χ2n) is 20.6. The third-order valence-electron chi connectivity index (χ3n) is 17.2. The van der Waals surface area contributed by atoms with Crippen molar-refractivity contribution >= 4 is 23.7 Å². The number of carboxylic acid groups (broad SMARTS) is 3. The lowest BCUT2D eigenvalue weighted by Crippen LogP contribution is -2.68. The summed E-state index contributed by atoms with van der Waals surface area (Å²) < 4.78 is 23.4. The summed E-state index contributed by atoms with van der Waals surface area (Å²) >= 11 is 0. The van der Waals surface area contributed by atoms with Gasteiger partial charge in [-0.1, -0.05) is 47.1 Å². The first-order valence-corrected chi connectivity index (χ1v) is 20.7. The molecule has 0 aromatic heterocycles. The summed E-state index contributed by atoms with van der Waals surface area (Å²) in [5, 5.41) is 83.0. The van der Waals surface area contributed by atoms with Crippen molar-refractivity contribution in [1.82, 2.24) is 6.15 Å². The molecule has 4 saturated carbocycles. The van der Waals surface area contributed by atoms with Crippen molar-refractivity contribution in [3.8, 4) is 0 Å². The molecule has 0 aromatic rings. The molecule has 59 heavy (non-hydrogen) atoms. The number of carbonyl (C=O) groups excluding carboxylic acids is 1. The topological polar surface area (TPSA) is 302 Å². The first-order valence-electron chi connectivity index (χ1n) is 20.7. The van der Waals surface area contributed by atoms with Gasteiger partial charge in [0.15, 0.2) is 30.6 Å². The molecule has 2 heterocycles. The lowest BCUT2D eigenvalue weighted by atomic mass is 9.33. The molecule has 7 rings (SSSR count). The molecule has 0 bridgehead atoms. The summed E-state index contributed by atoms with van der Waals surface area (Å²) in [5.41, 5.74) is -1.81. The quantitative estimate of drug-likeness (QED) is 0.166. The first-order chi connectivity index (χ1) is 26.8. The van der Waals surface area contributed by atoms with Gasteiger partial charge in [-0.25, -0.2) is 9.59 Å². The van der Waals surface area contributed by atoms with E-state index in [0.717, 1.165) is 37.7 Å². The van der Waals surface area contributed by atoms with Crippen molar-refractivity contribution in [2.45, 2.75) is 174 Å². The van der Waals surface area contributed by atoms with Gasteiger partial charge in [0.25, 0.3) is 0 Å². The number of ether oxygens (including phenoxy) is 4. The highest BCUT2D eigenvalue weighted by molar-refractivity contribution is 5.95. The van der Waals surface area contributed by atoms with Crippen LogP contribution in [0.5, 0.6) is 0 Å². The van der Waals surface area contributed by atoms with E-state index < -0.39 is 107 Å². The van der Waals surface area contributed by atoms with Crippen LogP contribution in [-0.2, 0) is 38.1 Å². The largest absolute Gasteiger partial charge is 0.481 e. The Hall–Kier alpha value is -2.58. The molecule has 0 radical (unpaired) electrons. The maximum Gasteiger partial charge on any atom is 0.335 e. The van der Waals surface area contributed by atoms with Crippen LogP contribution < -0.4 is 6.15 Å². The van der Waals surface area contributed by atoms with Crippen LogP contribution in [-0.4, -0.2) is 132 Å². The van der Waals surface area contributed by atoms with Gasteiger partial charge in [-0.2, -0.15) is 0 Å². The smallest absolute Gasteiger partial charge is 0.335 e. The van der Waals surface area contributed by atoms with Crippen molar-refractivity contribution in [1.29, 1.82) is 0 Å². The Morgan fingerprint density at radius 2 is 1.27 bits per heavy atom. The van der Waals surface area contributed by atoms with Crippen LogP contribution in [0.15, 0.2) is 11.6 Å². The Balaban J connectivity index is 0.00000585. The van der Waals surface area contributed by atoms with Crippen LogP contribution in [0.3, 0.4) is 0 Å². The van der Waals surface area contributed by atoms with Gasteiger partial charge in [0.1, 0.15) is 36.6 Å². The zero-order chi connectivity index (χ0) is 42.9. The predicted octanol–water partition coefficient (Wildman–Crippen LogP) is 2.41. The van der Waals surface area contributed by atoms with E-state index in [0.29, 0.717) is 25.7 Å². The van der Waals surface area contributed by atoms with Crippen LogP contribution in [0.25, 0.3) is 0 Å². The maximum atomic E-state index is 14.8. The van der Waals surface area contributed by atoms with Crippen LogP contribution in [0.1, 0.15) is 106 Å². The van der Waals surface area contributed by atoms with E-state index in [4.69, 9.17) is 18.9 Å². The van der Waals surface area contributed by atoms with Crippen molar-refractivity contribution < 1.29 is 79.0 Å². The number of fused-ring (bicyclic) bond motifs is 7. The fourth-order valence-electron chi connectivity index (χ4n) is 13.4. The first kappa shape index (κ1) is 45.9. The highest BCUT2D eigenvalue weighted by Crippen LogP contribution is 2.75. The van der Waals surface area contributed by atoms with Crippen molar-refractivity contribution in [3.63, 3.8) is 0 Å². The number of hydrogen-bond acceptors (Lipinski definition) is 14. The standard InChI is InChI=1S/C42H62O16.H3N/c1-37(2)21-8-11-42(7)31(20(43)16-18-19-17-39(4,36(53)54)13-12-38(19,3)14-15-41(18,42)6)40(21,5)10-9-22(37)55-35-30(26(47)25(46)29(57-35)33(51)52)58-34-27(48)23(44)24(45)28(56-34)32(49)50;/h16,19,21-31,34-35,44-48H,8-15,17H2,1-7H3,(H,49,50)(H,51,52)(H,53,54);1H3/t19-,21-,22-,23-,24-,25-,26-,27+,28-,29-,30+,31+,34+,35-,38+,39-,40-,41+,42+;/m0./s1. The molecule has 17 heteroatoms. The molecule has 19 atom stereocenters. The number of carboxylic acids is 3. The number of hydrogen-bond donors (Lipinski definition) is 9. The Labute approximate surface area is 344 Å². The molecule has 7 aliphatic rings. The number of aliphatic hydroxyl groups excluding tert-OH is 5. The lowest BCUT2D eigenvalue weighted by Gasteiger charge is -2.70. The number of aliphatic hydroxyl groups is 5. The average molecular weight is 840 g/mol. The molecule has 11 N–H and O–H groups in total. The van der Waals surface area contributed by atoms with E-state index >= 15 is 0 Å². The predicted molar refractivity (Wildman–Crippen MR) is 204 cm³/mol. The summed E-state index contributed by atoms with van der Waals surface area (Å²) in [6.07, 6.45) is -12.2. The Kier molecular flexibility index (Phi) is 11.7. The maximum absolute atomic E-state index is 14.8. The molecule has 334 valence electrons. The minimum absolute atomic E-state index is 0. The Morgan fingerprint density at radius 3 is 1.86 bits per heavy atom. The number of aliphatic carboxylic acids is 3. The fourth-order valence-corrected chi connectivity index (χ4v) is 13.4. The number of allylic oxidation sites excluding steroid dienone is 2. The van der Waals surface area contributed by atoms with Gasteiger partial charge in [0.2, 0.25) is 0 Å². The van der Waals surface area contributed by atoms with Crippen LogP contribution in [0.2, 0.25) is 0 Å². The van der Waals surface area contributed by atoms with E-state index in [1.165, 1.54) is 0 Å². The highest BCUT2D eigenvalue weighted by atomic mass is 16.8. The second kappa shape index (κ2) is 15.1. The molecule has 0 unspecified atom stereocenters. The average Bonchev–Trinajstić information content (AvgIpc) is 3.13. The number of carbonyl (C=O) groups is 4. The third kappa shape index (κ3) is 6.72. The molecule has 5 aliphatic carbocycles. The van der Waals surface area contributed by atoms with E-state index in [1.807, 2.05) is 26.8 Å². The molecule has 17 nitrogen and oxygen atoms in total. The zero-order valence-corrected chi connectivity index (χ0v) is 35.1.